The molecule has 0 bridgehead atoms. The molecule has 3 aromatic rings. The van der Waals surface area contributed by atoms with E-state index in [2.05, 4.69) is 15.0 Å². The van der Waals surface area contributed by atoms with Gasteiger partial charge in [0, 0.05) is 22.9 Å². The number of carbonyl (C=O) groups is 1. The molecule has 1 aromatic carbocycles. The van der Waals surface area contributed by atoms with Crippen molar-refractivity contribution in [2.45, 2.75) is 13.3 Å². The summed E-state index contributed by atoms with van der Waals surface area (Å²) in [7, 11) is 0. The molecule has 3 N–H and O–H groups in total. The van der Waals surface area contributed by atoms with Crippen molar-refractivity contribution >= 4 is 11.8 Å². The number of aromatic nitrogens is 3. The Morgan fingerprint density at radius 2 is 1.75 bits per heavy atom. The van der Waals surface area contributed by atoms with E-state index in [1.807, 2.05) is 13.0 Å². The molecular weight excluding hydrogens is 304 g/mol. The SMILES string of the molecule is CCc1ncnc(-c2ccc(C(=O)O)cc2)c1-c1ccc(N)nc1. The van der Waals surface area contributed by atoms with Crippen molar-refractivity contribution in [1.82, 2.24) is 15.0 Å². The molecule has 0 saturated heterocycles. The topological polar surface area (TPSA) is 102 Å². The summed E-state index contributed by atoms with van der Waals surface area (Å²) in [4.78, 5) is 23.9. The van der Waals surface area contributed by atoms with Crippen LogP contribution in [0.2, 0.25) is 0 Å². The van der Waals surface area contributed by atoms with Crippen molar-refractivity contribution in [3.8, 4) is 22.4 Å². The van der Waals surface area contributed by atoms with Gasteiger partial charge in [-0.3, -0.25) is 0 Å². The molecule has 2 aromatic heterocycles. The summed E-state index contributed by atoms with van der Waals surface area (Å²) in [6.07, 6.45) is 3.96. The van der Waals surface area contributed by atoms with E-state index < -0.39 is 5.97 Å². The van der Waals surface area contributed by atoms with Crippen LogP contribution in [-0.4, -0.2) is 26.0 Å². The minimum atomic E-state index is -0.957. The molecule has 2 heterocycles. The first-order valence-corrected chi connectivity index (χ1v) is 7.49. The van der Waals surface area contributed by atoms with Crippen LogP contribution in [0.15, 0.2) is 48.9 Å². The summed E-state index contributed by atoms with van der Waals surface area (Å²) in [6, 6.07) is 10.3. The maximum absolute atomic E-state index is 11.0. The molecule has 24 heavy (non-hydrogen) atoms. The zero-order chi connectivity index (χ0) is 17.1. The molecule has 0 saturated carbocycles. The monoisotopic (exact) mass is 320 g/mol. The molecule has 0 fully saturated rings. The average Bonchev–Trinajstić information content (AvgIpc) is 2.62. The van der Waals surface area contributed by atoms with Crippen LogP contribution in [0.3, 0.4) is 0 Å². The number of pyridine rings is 1. The average molecular weight is 320 g/mol. The van der Waals surface area contributed by atoms with Gasteiger partial charge in [0.05, 0.1) is 17.0 Å². The number of hydrogen-bond donors (Lipinski definition) is 2. The predicted octanol–water partition coefficient (Wildman–Crippen LogP) is 3.05. The summed E-state index contributed by atoms with van der Waals surface area (Å²) >= 11 is 0. The van der Waals surface area contributed by atoms with Gasteiger partial charge in [-0.15, -0.1) is 0 Å². The van der Waals surface area contributed by atoms with Crippen LogP contribution >= 0.6 is 0 Å². The molecule has 0 radical (unpaired) electrons. The fourth-order valence-electron chi connectivity index (χ4n) is 2.54. The summed E-state index contributed by atoms with van der Waals surface area (Å²) in [5.41, 5.74) is 10.1. The quantitative estimate of drug-likeness (QED) is 0.766. The highest BCUT2D eigenvalue weighted by Gasteiger charge is 2.15. The Labute approximate surface area is 139 Å². The first-order chi connectivity index (χ1) is 11.6. The van der Waals surface area contributed by atoms with Crippen molar-refractivity contribution in [2.75, 3.05) is 5.73 Å². The molecule has 120 valence electrons. The molecule has 0 amide bonds. The fraction of sp³-hybridized carbons (Fsp3) is 0.111. The highest BCUT2D eigenvalue weighted by atomic mass is 16.4. The lowest BCUT2D eigenvalue weighted by Gasteiger charge is -2.13. The summed E-state index contributed by atoms with van der Waals surface area (Å²) in [5, 5.41) is 9.04. The Morgan fingerprint density at radius 1 is 1.04 bits per heavy atom. The molecule has 6 heteroatoms. The number of rotatable bonds is 4. The van der Waals surface area contributed by atoms with Gasteiger partial charge >= 0.3 is 5.97 Å². The summed E-state index contributed by atoms with van der Waals surface area (Å²) in [6.45, 7) is 2.02. The van der Waals surface area contributed by atoms with Crippen molar-refractivity contribution in [1.29, 1.82) is 0 Å². The minimum absolute atomic E-state index is 0.235. The molecule has 3 rings (SSSR count). The second-order valence-corrected chi connectivity index (χ2v) is 5.25. The second kappa shape index (κ2) is 6.45. The van der Waals surface area contributed by atoms with Crippen LogP contribution in [0, 0.1) is 0 Å². The van der Waals surface area contributed by atoms with E-state index in [4.69, 9.17) is 10.8 Å². The van der Waals surface area contributed by atoms with Crippen LogP contribution in [0.4, 0.5) is 5.82 Å². The van der Waals surface area contributed by atoms with E-state index in [1.165, 1.54) is 6.33 Å². The van der Waals surface area contributed by atoms with E-state index in [-0.39, 0.29) is 5.56 Å². The number of anilines is 1. The molecular formula is C18H16N4O2. The molecule has 0 atom stereocenters. The second-order valence-electron chi connectivity index (χ2n) is 5.25. The normalized spacial score (nSPS) is 10.5. The molecule has 6 nitrogen and oxygen atoms in total. The van der Waals surface area contributed by atoms with Crippen molar-refractivity contribution < 1.29 is 9.90 Å². The summed E-state index contributed by atoms with van der Waals surface area (Å²) < 4.78 is 0. The number of carboxylic acids is 1. The number of nitrogens with two attached hydrogens (primary N) is 1. The highest BCUT2D eigenvalue weighted by molar-refractivity contribution is 5.89. The Bertz CT molecular complexity index is 875. The number of carboxylic acid groups (broad SMARTS) is 1. The Hall–Kier alpha value is -3.28. The van der Waals surface area contributed by atoms with Crippen molar-refractivity contribution in [3.05, 3.63) is 60.2 Å². The van der Waals surface area contributed by atoms with Crippen LogP contribution in [0.5, 0.6) is 0 Å². The highest BCUT2D eigenvalue weighted by Crippen LogP contribution is 2.32. The number of aromatic carboxylic acids is 1. The number of nitrogens with zero attached hydrogens (tertiary/aromatic N) is 3. The Balaban J connectivity index is 2.17. The van der Waals surface area contributed by atoms with Gasteiger partial charge in [0.1, 0.15) is 12.1 Å². The maximum Gasteiger partial charge on any atom is 0.335 e. The van der Waals surface area contributed by atoms with Gasteiger partial charge in [0.15, 0.2) is 0 Å². The molecule has 0 spiro atoms. The number of aryl methyl sites for hydroxylation is 1. The molecule has 0 aliphatic rings. The van der Waals surface area contributed by atoms with Gasteiger partial charge in [-0.25, -0.2) is 19.7 Å². The third-order valence-electron chi connectivity index (χ3n) is 3.74. The predicted molar refractivity (Wildman–Crippen MR) is 91.4 cm³/mol. The van der Waals surface area contributed by atoms with Gasteiger partial charge in [-0.05, 0) is 30.7 Å². The zero-order valence-electron chi connectivity index (χ0n) is 13.1. The first-order valence-electron chi connectivity index (χ1n) is 7.49. The van der Waals surface area contributed by atoms with Crippen LogP contribution in [0.1, 0.15) is 23.0 Å². The van der Waals surface area contributed by atoms with Gasteiger partial charge in [-0.2, -0.15) is 0 Å². The smallest absolute Gasteiger partial charge is 0.335 e. The largest absolute Gasteiger partial charge is 0.478 e. The number of benzene rings is 1. The van der Waals surface area contributed by atoms with E-state index >= 15 is 0 Å². The summed E-state index contributed by atoms with van der Waals surface area (Å²) in [5.74, 6) is -0.512. The Kier molecular flexibility index (Phi) is 4.20. The van der Waals surface area contributed by atoms with Crippen LogP contribution < -0.4 is 5.73 Å². The molecule has 0 aliphatic heterocycles. The van der Waals surface area contributed by atoms with E-state index in [1.54, 1.807) is 36.5 Å². The van der Waals surface area contributed by atoms with Gasteiger partial charge < -0.3 is 10.8 Å². The van der Waals surface area contributed by atoms with Gasteiger partial charge in [0.2, 0.25) is 0 Å². The minimum Gasteiger partial charge on any atom is -0.478 e. The van der Waals surface area contributed by atoms with E-state index in [9.17, 15) is 4.79 Å². The first kappa shape index (κ1) is 15.6. The lowest BCUT2D eigenvalue weighted by atomic mass is 9.97. The van der Waals surface area contributed by atoms with Crippen LogP contribution in [-0.2, 0) is 6.42 Å². The number of hydrogen-bond acceptors (Lipinski definition) is 5. The van der Waals surface area contributed by atoms with Gasteiger partial charge in [-0.1, -0.05) is 19.1 Å². The van der Waals surface area contributed by atoms with Crippen molar-refractivity contribution in [2.24, 2.45) is 0 Å². The zero-order valence-corrected chi connectivity index (χ0v) is 13.1. The lowest BCUT2D eigenvalue weighted by molar-refractivity contribution is 0.0697. The maximum atomic E-state index is 11.0. The fourth-order valence-corrected chi connectivity index (χ4v) is 2.54. The van der Waals surface area contributed by atoms with E-state index in [0.29, 0.717) is 5.82 Å². The standard InChI is InChI=1S/C18H16N4O2/c1-2-14-16(13-7-8-15(19)20-9-13)17(22-10-21-14)11-3-5-12(6-4-11)18(23)24/h3-10H,2H2,1H3,(H2,19,20)(H,23,24). The van der Waals surface area contributed by atoms with Gasteiger partial charge in [0.25, 0.3) is 0 Å². The van der Waals surface area contributed by atoms with Crippen molar-refractivity contribution in [3.63, 3.8) is 0 Å². The van der Waals surface area contributed by atoms with Crippen LogP contribution in [0.25, 0.3) is 22.4 Å². The Morgan fingerprint density at radius 3 is 2.33 bits per heavy atom. The third-order valence-corrected chi connectivity index (χ3v) is 3.74. The number of nitrogen functional groups attached to an aromatic ring is 1. The molecule has 0 aliphatic carbocycles. The third kappa shape index (κ3) is 2.94. The van der Waals surface area contributed by atoms with E-state index in [0.717, 1.165) is 34.5 Å². The lowest BCUT2D eigenvalue weighted by Crippen LogP contribution is -2.00. The molecule has 0 unspecified atom stereocenters.